The van der Waals surface area contributed by atoms with Gasteiger partial charge in [0.25, 0.3) is 5.56 Å². The lowest BCUT2D eigenvalue weighted by Gasteiger charge is -2.09. The summed E-state index contributed by atoms with van der Waals surface area (Å²) < 4.78 is 5.69. The molecule has 1 heterocycles. The monoisotopic (exact) mass is 282 g/mol. The highest BCUT2D eigenvalue weighted by Gasteiger charge is 2.09. The Kier molecular flexibility index (Phi) is 3.19. The van der Waals surface area contributed by atoms with Crippen LogP contribution < -0.4 is 21.8 Å². The van der Waals surface area contributed by atoms with Crippen molar-refractivity contribution in [2.75, 3.05) is 11.5 Å². The molecule has 0 bridgehead atoms. The van der Waals surface area contributed by atoms with Crippen molar-refractivity contribution in [3.63, 3.8) is 0 Å². The van der Waals surface area contributed by atoms with E-state index in [0.29, 0.717) is 22.2 Å². The molecular weight excluding hydrogens is 268 g/mol. The number of nitrogen functional groups attached to an aromatic ring is 2. The van der Waals surface area contributed by atoms with Crippen LogP contribution in [0.25, 0.3) is 10.9 Å². The first kappa shape index (κ1) is 13.0. The van der Waals surface area contributed by atoms with E-state index < -0.39 is 0 Å². The second-order valence-corrected chi connectivity index (χ2v) is 4.63. The average molecular weight is 282 g/mol. The Hall–Kier alpha value is -3.02. The number of fused-ring (bicyclic) bond motifs is 1. The van der Waals surface area contributed by atoms with Crippen LogP contribution in [0.3, 0.4) is 0 Å². The van der Waals surface area contributed by atoms with Crippen LogP contribution in [0.5, 0.6) is 5.75 Å². The molecule has 0 amide bonds. The van der Waals surface area contributed by atoms with Crippen molar-refractivity contribution in [2.24, 2.45) is 0 Å². The maximum atomic E-state index is 11.9. The van der Waals surface area contributed by atoms with Gasteiger partial charge in [0.2, 0.25) is 5.95 Å². The zero-order chi connectivity index (χ0) is 14.8. The van der Waals surface area contributed by atoms with Crippen molar-refractivity contribution in [3.05, 3.63) is 58.4 Å². The van der Waals surface area contributed by atoms with E-state index >= 15 is 0 Å². The molecule has 1 aromatic heterocycles. The van der Waals surface area contributed by atoms with Crippen LogP contribution in [0, 0.1) is 0 Å². The number of para-hydroxylation sites is 1. The third-order valence-electron chi connectivity index (χ3n) is 3.07. The number of aromatic nitrogens is 2. The minimum absolute atomic E-state index is 0.0678. The van der Waals surface area contributed by atoms with Gasteiger partial charge in [0.05, 0.1) is 10.9 Å². The average Bonchev–Trinajstić information content (AvgIpc) is 2.47. The summed E-state index contributed by atoms with van der Waals surface area (Å²) in [7, 11) is 0. The van der Waals surface area contributed by atoms with E-state index in [4.69, 9.17) is 16.2 Å². The molecule has 6 heteroatoms. The molecule has 106 valence electrons. The Morgan fingerprint density at radius 2 is 1.90 bits per heavy atom. The zero-order valence-electron chi connectivity index (χ0n) is 11.2. The largest absolute Gasteiger partial charge is 0.489 e. The quantitative estimate of drug-likeness (QED) is 0.633. The van der Waals surface area contributed by atoms with Gasteiger partial charge in [-0.05, 0) is 24.3 Å². The SMILES string of the molecule is Nc1cc(COc2ccccc2)c2nc(N)[nH]c(=O)c2c1. The minimum Gasteiger partial charge on any atom is -0.489 e. The molecule has 3 aromatic rings. The van der Waals surface area contributed by atoms with E-state index in [1.54, 1.807) is 12.1 Å². The van der Waals surface area contributed by atoms with Gasteiger partial charge in [-0.25, -0.2) is 4.98 Å². The van der Waals surface area contributed by atoms with E-state index in [9.17, 15) is 4.79 Å². The van der Waals surface area contributed by atoms with Crippen LogP contribution in [-0.2, 0) is 6.61 Å². The summed E-state index contributed by atoms with van der Waals surface area (Å²) in [5, 5.41) is 0.399. The Balaban J connectivity index is 2.03. The van der Waals surface area contributed by atoms with E-state index in [1.807, 2.05) is 30.3 Å². The lowest BCUT2D eigenvalue weighted by molar-refractivity contribution is 0.307. The summed E-state index contributed by atoms with van der Waals surface area (Å²) in [6.45, 7) is 0.251. The van der Waals surface area contributed by atoms with Gasteiger partial charge < -0.3 is 16.2 Å². The summed E-state index contributed by atoms with van der Waals surface area (Å²) in [5.41, 5.74) is 12.8. The minimum atomic E-state index is -0.314. The van der Waals surface area contributed by atoms with Crippen LogP contribution >= 0.6 is 0 Å². The summed E-state index contributed by atoms with van der Waals surface area (Å²) in [5.74, 6) is 0.795. The Labute approximate surface area is 120 Å². The number of nitrogens with two attached hydrogens (primary N) is 2. The molecule has 0 aliphatic heterocycles. The highest BCUT2D eigenvalue weighted by Crippen LogP contribution is 2.20. The van der Waals surface area contributed by atoms with Crippen molar-refractivity contribution < 1.29 is 4.74 Å². The number of ether oxygens (including phenoxy) is 1. The molecule has 0 atom stereocenters. The van der Waals surface area contributed by atoms with Gasteiger partial charge in [-0.15, -0.1) is 0 Å². The number of hydrogen-bond acceptors (Lipinski definition) is 5. The fraction of sp³-hybridized carbons (Fsp3) is 0.0667. The van der Waals surface area contributed by atoms with Gasteiger partial charge in [-0.2, -0.15) is 0 Å². The highest BCUT2D eigenvalue weighted by atomic mass is 16.5. The molecule has 0 spiro atoms. The number of anilines is 2. The van der Waals surface area contributed by atoms with E-state index in [1.165, 1.54) is 0 Å². The van der Waals surface area contributed by atoms with Gasteiger partial charge in [-0.3, -0.25) is 9.78 Å². The molecule has 3 rings (SSSR count). The van der Waals surface area contributed by atoms with Gasteiger partial charge >= 0.3 is 0 Å². The first-order valence-electron chi connectivity index (χ1n) is 6.39. The summed E-state index contributed by atoms with van der Waals surface area (Å²) in [6.07, 6.45) is 0. The van der Waals surface area contributed by atoms with E-state index in [2.05, 4.69) is 9.97 Å². The number of benzene rings is 2. The Bertz CT molecular complexity index is 843. The highest BCUT2D eigenvalue weighted by molar-refractivity contribution is 5.85. The number of aromatic amines is 1. The van der Waals surface area contributed by atoms with Crippen molar-refractivity contribution in [1.29, 1.82) is 0 Å². The number of hydrogen-bond donors (Lipinski definition) is 3. The van der Waals surface area contributed by atoms with Crippen LogP contribution in [0.2, 0.25) is 0 Å². The normalized spacial score (nSPS) is 10.7. The first-order valence-corrected chi connectivity index (χ1v) is 6.39. The smallest absolute Gasteiger partial charge is 0.260 e. The number of nitrogens with one attached hydrogen (secondary N) is 1. The molecule has 0 saturated carbocycles. The van der Waals surface area contributed by atoms with Gasteiger partial charge in [0, 0.05) is 11.3 Å². The Morgan fingerprint density at radius 3 is 2.67 bits per heavy atom. The predicted molar refractivity (Wildman–Crippen MR) is 82.0 cm³/mol. The van der Waals surface area contributed by atoms with Crippen LogP contribution in [0.15, 0.2) is 47.3 Å². The number of nitrogens with zero attached hydrogens (tertiary/aromatic N) is 1. The van der Waals surface area contributed by atoms with Crippen molar-refractivity contribution in [2.45, 2.75) is 6.61 Å². The van der Waals surface area contributed by atoms with Crippen LogP contribution in [0.4, 0.5) is 11.6 Å². The molecule has 0 unspecified atom stereocenters. The lowest BCUT2D eigenvalue weighted by Crippen LogP contribution is -2.13. The molecule has 0 fully saturated rings. The molecule has 0 aliphatic carbocycles. The lowest BCUT2D eigenvalue weighted by atomic mass is 10.1. The van der Waals surface area contributed by atoms with Crippen molar-refractivity contribution in [1.82, 2.24) is 9.97 Å². The fourth-order valence-electron chi connectivity index (χ4n) is 2.14. The van der Waals surface area contributed by atoms with E-state index in [-0.39, 0.29) is 18.1 Å². The maximum absolute atomic E-state index is 11.9. The Morgan fingerprint density at radius 1 is 1.14 bits per heavy atom. The van der Waals surface area contributed by atoms with Crippen LogP contribution in [-0.4, -0.2) is 9.97 Å². The van der Waals surface area contributed by atoms with Crippen molar-refractivity contribution >= 4 is 22.5 Å². The van der Waals surface area contributed by atoms with Crippen molar-refractivity contribution in [3.8, 4) is 5.75 Å². The molecule has 21 heavy (non-hydrogen) atoms. The number of rotatable bonds is 3. The first-order chi connectivity index (χ1) is 10.1. The van der Waals surface area contributed by atoms with Gasteiger partial charge in [-0.1, -0.05) is 18.2 Å². The fourth-order valence-corrected chi connectivity index (χ4v) is 2.14. The molecule has 6 nitrogen and oxygen atoms in total. The molecule has 0 aliphatic rings. The topological polar surface area (TPSA) is 107 Å². The predicted octanol–water partition coefficient (Wildman–Crippen LogP) is 1.67. The molecular formula is C15H14N4O2. The second kappa shape index (κ2) is 5.16. The third kappa shape index (κ3) is 2.64. The summed E-state index contributed by atoms with van der Waals surface area (Å²) in [4.78, 5) is 18.5. The summed E-state index contributed by atoms with van der Waals surface area (Å²) >= 11 is 0. The third-order valence-corrected chi connectivity index (χ3v) is 3.07. The zero-order valence-corrected chi connectivity index (χ0v) is 11.2. The standard InChI is InChI=1S/C15H14N4O2/c16-10-6-9(8-21-11-4-2-1-3-5-11)13-12(7-10)14(20)19-15(17)18-13/h1-7H,8,16H2,(H3,17,18,19,20). The second-order valence-electron chi connectivity index (χ2n) is 4.63. The van der Waals surface area contributed by atoms with Gasteiger partial charge in [0.1, 0.15) is 12.4 Å². The van der Waals surface area contributed by atoms with Crippen LogP contribution in [0.1, 0.15) is 5.56 Å². The summed E-state index contributed by atoms with van der Waals surface area (Å²) in [6, 6.07) is 12.7. The molecule has 2 aromatic carbocycles. The maximum Gasteiger partial charge on any atom is 0.260 e. The number of H-pyrrole nitrogens is 1. The molecule has 5 N–H and O–H groups in total. The van der Waals surface area contributed by atoms with E-state index in [0.717, 1.165) is 5.75 Å². The molecule has 0 saturated heterocycles. The van der Waals surface area contributed by atoms with Gasteiger partial charge in [0.15, 0.2) is 0 Å². The molecule has 0 radical (unpaired) electrons.